The van der Waals surface area contributed by atoms with E-state index in [1.807, 2.05) is 58.5 Å². The van der Waals surface area contributed by atoms with Crippen molar-refractivity contribution >= 4 is 28.4 Å². The molecule has 1 saturated heterocycles. The maximum atomic E-state index is 13.4. The van der Waals surface area contributed by atoms with Crippen LogP contribution in [0.4, 0.5) is 10.1 Å². The molecule has 2 amide bonds. The summed E-state index contributed by atoms with van der Waals surface area (Å²) in [6, 6.07) is 22.1. The van der Waals surface area contributed by atoms with Gasteiger partial charge in [-0.05, 0) is 42.0 Å². The molecule has 2 aliphatic rings. The first-order valence-corrected chi connectivity index (χ1v) is 12.3. The molecule has 36 heavy (non-hydrogen) atoms. The normalized spacial score (nSPS) is 17.6. The Morgan fingerprint density at radius 1 is 0.889 bits per heavy atom. The number of halogens is 1. The summed E-state index contributed by atoms with van der Waals surface area (Å²) in [5.74, 6) is -0.234. The second kappa shape index (κ2) is 9.15. The number of carbonyl (C=O) groups is 2. The van der Waals surface area contributed by atoms with Gasteiger partial charge in [0.1, 0.15) is 5.82 Å². The number of aromatic nitrogens is 1. The Bertz CT molecular complexity index is 1420. The number of hydrogen-bond donors (Lipinski definition) is 1. The molecule has 1 N–H and O–H groups in total. The lowest BCUT2D eigenvalue weighted by atomic mass is 9.97. The Morgan fingerprint density at radius 2 is 1.61 bits per heavy atom. The third kappa shape index (κ3) is 3.90. The lowest BCUT2D eigenvalue weighted by Gasteiger charge is -2.36. The SMILES string of the molecule is O=C(CCN1C(=O)c2ccccc2C1c1c[nH]c2ccccc12)N1CCN(c2ccc(F)cc2)CC1. The fraction of sp³-hybridized carbons (Fsp3) is 0.241. The number of aromatic amines is 1. The van der Waals surface area contributed by atoms with Crippen molar-refractivity contribution in [2.45, 2.75) is 12.5 Å². The maximum absolute atomic E-state index is 13.4. The van der Waals surface area contributed by atoms with E-state index in [0.717, 1.165) is 27.7 Å². The summed E-state index contributed by atoms with van der Waals surface area (Å²) < 4.78 is 13.2. The number of carbonyl (C=O) groups excluding carboxylic acids is 2. The van der Waals surface area contributed by atoms with Crippen molar-refractivity contribution in [2.24, 2.45) is 0 Å². The van der Waals surface area contributed by atoms with Crippen LogP contribution < -0.4 is 4.90 Å². The maximum Gasteiger partial charge on any atom is 0.255 e. The van der Waals surface area contributed by atoms with Crippen LogP contribution in [0.1, 0.15) is 33.9 Å². The van der Waals surface area contributed by atoms with E-state index in [-0.39, 0.29) is 30.1 Å². The number of rotatable bonds is 5. The number of nitrogens with one attached hydrogen (secondary N) is 1. The van der Waals surface area contributed by atoms with E-state index in [1.165, 1.54) is 12.1 Å². The predicted octanol–water partition coefficient (Wildman–Crippen LogP) is 4.59. The highest BCUT2D eigenvalue weighted by molar-refractivity contribution is 6.01. The number of hydrogen-bond acceptors (Lipinski definition) is 3. The second-order valence-electron chi connectivity index (χ2n) is 9.37. The molecule has 3 aromatic carbocycles. The van der Waals surface area contributed by atoms with Gasteiger partial charge in [-0.3, -0.25) is 9.59 Å². The van der Waals surface area contributed by atoms with Crippen LogP contribution in [0, 0.1) is 5.82 Å². The number of fused-ring (bicyclic) bond motifs is 2. The van der Waals surface area contributed by atoms with E-state index < -0.39 is 0 Å². The van der Waals surface area contributed by atoms with Crippen LogP contribution in [0.5, 0.6) is 0 Å². The van der Waals surface area contributed by atoms with Gasteiger partial charge >= 0.3 is 0 Å². The number of benzene rings is 3. The molecule has 0 saturated carbocycles. The van der Waals surface area contributed by atoms with Gasteiger partial charge in [0.25, 0.3) is 5.91 Å². The third-order valence-corrected chi connectivity index (χ3v) is 7.36. The number of amides is 2. The lowest BCUT2D eigenvalue weighted by Crippen LogP contribution is -2.49. The van der Waals surface area contributed by atoms with Gasteiger partial charge in [0.05, 0.1) is 6.04 Å². The van der Waals surface area contributed by atoms with E-state index >= 15 is 0 Å². The van der Waals surface area contributed by atoms with E-state index in [1.54, 1.807) is 12.1 Å². The molecule has 1 atom stereocenters. The summed E-state index contributed by atoms with van der Waals surface area (Å²) in [6.07, 6.45) is 2.25. The molecule has 6 nitrogen and oxygen atoms in total. The number of anilines is 1. The van der Waals surface area contributed by atoms with E-state index in [4.69, 9.17) is 0 Å². The molecule has 1 unspecified atom stereocenters. The van der Waals surface area contributed by atoms with Crippen LogP contribution in [0.15, 0.2) is 79.0 Å². The van der Waals surface area contributed by atoms with Crippen LogP contribution in [0.25, 0.3) is 10.9 Å². The highest BCUT2D eigenvalue weighted by Gasteiger charge is 2.38. The van der Waals surface area contributed by atoms with Crippen molar-refractivity contribution in [3.8, 4) is 0 Å². The Kier molecular flexibility index (Phi) is 5.68. The summed E-state index contributed by atoms with van der Waals surface area (Å²) in [7, 11) is 0. The molecule has 6 rings (SSSR count). The van der Waals surface area contributed by atoms with Gasteiger partial charge in [0, 0.05) is 73.1 Å². The number of nitrogens with zero attached hydrogens (tertiary/aromatic N) is 3. The Labute approximate surface area is 208 Å². The van der Waals surface area contributed by atoms with Gasteiger partial charge in [-0.15, -0.1) is 0 Å². The van der Waals surface area contributed by atoms with Gasteiger partial charge in [0.15, 0.2) is 0 Å². The Balaban J connectivity index is 1.17. The van der Waals surface area contributed by atoms with Crippen LogP contribution in [0.2, 0.25) is 0 Å². The van der Waals surface area contributed by atoms with Gasteiger partial charge in [-0.1, -0.05) is 36.4 Å². The lowest BCUT2D eigenvalue weighted by molar-refractivity contribution is -0.131. The molecule has 2 aliphatic heterocycles. The predicted molar refractivity (Wildman–Crippen MR) is 137 cm³/mol. The summed E-state index contributed by atoms with van der Waals surface area (Å²) in [4.78, 5) is 35.8. The third-order valence-electron chi connectivity index (χ3n) is 7.36. The largest absolute Gasteiger partial charge is 0.368 e. The summed E-state index contributed by atoms with van der Waals surface area (Å²) in [5, 5.41) is 1.08. The van der Waals surface area contributed by atoms with Gasteiger partial charge < -0.3 is 19.7 Å². The first-order chi connectivity index (χ1) is 17.6. The van der Waals surface area contributed by atoms with E-state index in [0.29, 0.717) is 38.3 Å². The van der Waals surface area contributed by atoms with Crippen molar-refractivity contribution in [1.29, 1.82) is 0 Å². The average molecular weight is 483 g/mol. The minimum Gasteiger partial charge on any atom is -0.368 e. The fourth-order valence-corrected chi connectivity index (χ4v) is 5.50. The number of para-hydroxylation sites is 1. The molecule has 1 aromatic heterocycles. The molecule has 7 heteroatoms. The summed E-state index contributed by atoms with van der Waals surface area (Å²) >= 11 is 0. The van der Waals surface area contributed by atoms with Crippen molar-refractivity contribution in [1.82, 2.24) is 14.8 Å². The first-order valence-electron chi connectivity index (χ1n) is 12.3. The standard InChI is InChI=1S/C29H27FN4O2/c30-20-9-11-21(12-10-20)32-15-17-33(18-16-32)27(35)13-14-34-28(23-6-1-2-7-24(23)29(34)36)25-19-31-26-8-4-3-5-22(25)26/h1-12,19,28,31H,13-18H2. The molecule has 0 spiro atoms. The molecule has 0 radical (unpaired) electrons. The molecule has 182 valence electrons. The smallest absolute Gasteiger partial charge is 0.255 e. The van der Waals surface area contributed by atoms with Crippen LogP contribution >= 0.6 is 0 Å². The minimum atomic E-state index is -0.253. The highest BCUT2D eigenvalue weighted by atomic mass is 19.1. The fourth-order valence-electron chi connectivity index (χ4n) is 5.50. The average Bonchev–Trinajstić information content (AvgIpc) is 3.46. The summed E-state index contributed by atoms with van der Waals surface area (Å²) in [6.45, 7) is 2.97. The van der Waals surface area contributed by atoms with Crippen molar-refractivity contribution in [2.75, 3.05) is 37.6 Å². The number of H-pyrrole nitrogens is 1. The monoisotopic (exact) mass is 482 g/mol. The minimum absolute atomic E-state index is 0.0326. The molecule has 0 bridgehead atoms. The Morgan fingerprint density at radius 3 is 2.42 bits per heavy atom. The zero-order valence-electron chi connectivity index (χ0n) is 19.9. The molecule has 1 fully saturated rings. The molecule has 4 aromatic rings. The van der Waals surface area contributed by atoms with Crippen molar-refractivity contribution in [3.05, 3.63) is 102 Å². The quantitative estimate of drug-likeness (QED) is 0.453. The Hall–Kier alpha value is -4.13. The highest BCUT2D eigenvalue weighted by Crippen LogP contribution is 2.41. The topological polar surface area (TPSA) is 59.7 Å². The second-order valence-corrected chi connectivity index (χ2v) is 9.37. The molecule has 0 aliphatic carbocycles. The van der Waals surface area contributed by atoms with Gasteiger partial charge in [0.2, 0.25) is 5.91 Å². The van der Waals surface area contributed by atoms with Crippen LogP contribution in [0.3, 0.4) is 0 Å². The van der Waals surface area contributed by atoms with Crippen LogP contribution in [-0.4, -0.2) is 59.3 Å². The van der Waals surface area contributed by atoms with Crippen molar-refractivity contribution in [3.63, 3.8) is 0 Å². The van der Waals surface area contributed by atoms with E-state index in [2.05, 4.69) is 16.0 Å². The zero-order valence-corrected chi connectivity index (χ0v) is 19.9. The molecular weight excluding hydrogens is 455 g/mol. The molecule has 3 heterocycles. The molecular formula is C29H27FN4O2. The first kappa shape index (κ1) is 22.3. The van der Waals surface area contributed by atoms with Gasteiger partial charge in [-0.2, -0.15) is 0 Å². The van der Waals surface area contributed by atoms with E-state index in [9.17, 15) is 14.0 Å². The van der Waals surface area contributed by atoms with Crippen molar-refractivity contribution < 1.29 is 14.0 Å². The van der Waals surface area contributed by atoms with Crippen LogP contribution in [-0.2, 0) is 4.79 Å². The zero-order chi connectivity index (χ0) is 24.6. The summed E-state index contributed by atoms with van der Waals surface area (Å²) in [5.41, 5.74) is 4.72. The number of piperazine rings is 1. The van der Waals surface area contributed by atoms with Gasteiger partial charge in [-0.25, -0.2) is 4.39 Å².